The van der Waals surface area contributed by atoms with Crippen LogP contribution in [-0.2, 0) is 6.61 Å². The van der Waals surface area contributed by atoms with Crippen molar-refractivity contribution in [2.75, 3.05) is 7.11 Å². The zero-order chi connectivity index (χ0) is 11.8. The Balaban J connectivity index is 2.46. The minimum absolute atomic E-state index is 0.141. The first kappa shape index (κ1) is 10.0. The molecule has 1 aromatic carbocycles. The van der Waals surface area contributed by atoms with Gasteiger partial charge in [0.15, 0.2) is 11.5 Å². The maximum atomic E-state index is 9.26. The van der Waals surface area contributed by atoms with Gasteiger partial charge in [-0.3, -0.25) is 4.40 Å². The van der Waals surface area contributed by atoms with E-state index in [4.69, 9.17) is 4.74 Å². The maximum Gasteiger partial charge on any atom is 0.163 e. The summed E-state index contributed by atoms with van der Waals surface area (Å²) in [6, 6.07) is 9.62. The zero-order valence-corrected chi connectivity index (χ0v) is 9.29. The third-order valence-corrected chi connectivity index (χ3v) is 2.79. The van der Waals surface area contributed by atoms with Crippen molar-refractivity contribution in [3.8, 4) is 5.75 Å². The Labute approximate surface area is 97.3 Å². The second-order valence-corrected chi connectivity index (χ2v) is 3.73. The fourth-order valence-electron chi connectivity index (χ4n) is 1.95. The van der Waals surface area contributed by atoms with Gasteiger partial charge in [-0.25, -0.2) is 0 Å². The van der Waals surface area contributed by atoms with Crippen molar-refractivity contribution >= 4 is 16.6 Å². The molecule has 0 aliphatic heterocycles. The van der Waals surface area contributed by atoms with Crippen LogP contribution in [0, 0.1) is 0 Å². The van der Waals surface area contributed by atoms with Crippen molar-refractivity contribution in [1.82, 2.24) is 14.6 Å². The molecule has 5 nitrogen and oxygen atoms in total. The van der Waals surface area contributed by atoms with Gasteiger partial charge in [-0.05, 0) is 29.7 Å². The number of hydrogen-bond donors (Lipinski definition) is 1. The van der Waals surface area contributed by atoms with E-state index in [2.05, 4.69) is 10.2 Å². The van der Waals surface area contributed by atoms with Crippen LogP contribution in [0.25, 0.3) is 16.6 Å². The average Bonchev–Trinajstić information content (AvgIpc) is 2.81. The molecule has 0 spiro atoms. The highest BCUT2D eigenvalue weighted by atomic mass is 16.5. The zero-order valence-electron chi connectivity index (χ0n) is 9.29. The monoisotopic (exact) mass is 229 g/mol. The molecule has 2 aromatic heterocycles. The van der Waals surface area contributed by atoms with Gasteiger partial charge in [0, 0.05) is 6.07 Å². The summed E-state index contributed by atoms with van der Waals surface area (Å²) in [4.78, 5) is 0. The number of ether oxygens (including phenoxy) is 1. The molecule has 1 N–H and O–H groups in total. The summed E-state index contributed by atoms with van der Waals surface area (Å²) in [6.07, 6.45) is 0. The Hall–Kier alpha value is -2.14. The third-order valence-electron chi connectivity index (χ3n) is 2.79. The van der Waals surface area contributed by atoms with Gasteiger partial charge in [0.2, 0.25) is 0 Å². The summed E-state index contributed by atoms with van der Waals surface area (Å²) < 4.78 is 7.04. The van der Waals surface area contributed by atoms with Gasteiger partial charge in [-0.2, -0.15) is 0 Å². The molecule has 0 radical (unpaired) electrons. The lowest BCUT2D eigenvalue weighted by molar-refractivity contribution is 0.270. The summed E-state index contributed by atoms with van der Waals surface area (Å²) in [5.41, 5.74) is 1.64. The lowest BCUT2D eigenvalue weighted by Crippen LogP contribution is -1.96. The van der Waals surface area contributed by atoms with E-state index >= 15 is 0 Å². The quantitative estimate of drug-likeness (QED) is 0.721. The Bertz CT molecular complexity index is 691. The van der Waals surface area contributed by atoms with Crippen LogP contribution in [0.3, 0.4) is 0 Å². The van der Waals surface area contributed by atoms with E-state index in [0.29, 0.717) is 5.82 Å². The van der Waals surface area contributed by atoms with Crippen LogP contribution in [0.4, 0.5) is 0 Å². The first-order valence-electron chi connectivity index (χ1n) is 5.25. The number of fused-ring (bicyclic) bond motifs is 3. The number of hydrogen-bond acceptors (Lipinski definition) is 4. The van der Waals surface area contributed by atoms with E-state index in [-0.39, 0.29) is 6.61 Å². The molecular weight excluding hydrogens is 218 g/mol. The lowest BCUT2D eigenvalue weighted by Gasteiger charge is -2.05. The summed E-state index contributed by atoms with van der Waals surface area (Å²) in [5.74, 6) is 1.29. The van der Waals surface area contributed by atoms with Crippen LogP contribution >= 0.6 is 0 Å². The predicted molar refractivity (Wildman–Crippen MR) is 63.0 cm³/mol. The molecule has 3 aromatic rings. The van der Waals surface area contributed by atoms with Gasteiger partial charge in [-0.15, -0.1) is 10.2 Å². The van der Waals surface area contributed by atoms with Gasteiger partial charge in [0.05, 0.1) is 12.6 Å². The van der Waals surface area contributed by atoms with Gasteiger partial charge < -0.3 is 9.84 Å². The minimum Gasteiger partial charge on any atom is -0.497 e. The minimum atomic E-state index is -0.141. The first-order valence-corrected chi connectivity index (χ1v) is 5.25. The van der Waals surface area contributed by atoms with Crippen LogP contribution in [0.2, 0.25) is 0 Å². The molecule has 0 aliphatic carbocycles. The van der Waals surface area contributed by atoms with Gasteiger partial charge in [-0.1, -0.05) is 0 Å². The molecule has 0 saturated carbocycles. The molecular formula is C12H11N3O2. The number of aliphatic hydroxyl groups excluding tert-OH is 1. The Morgan fingerprint density at radius 3 is 2.82 bits per heavy atom. The molecule has 0 saturated heterocycles. The van der Waals surface area contributed by atoms with Crippen molar-refractivity contribution < 1.29 is 9.84 Å². The van der Waals surface area contributed by atoms with Crippen LogP contribution in [-0.4, -0.2) is 26.8 Å². The Morgan fingerprint density at radius 1 is 1.24 bits per heavy atom. The van der Waals surface area contributed by atoms with E-state index in [9.17, 15) is 5.11 Å². The van der Waals surface area contributed by atoms with Crippen molar-refractivity contribution in [2.45, 2.75) is 6.61 Å². The standard InChI is InChI=1S/C12H11N3O2/c1-17-9-4-2-8-3-5-11-13-14-12(7-16)15(11)10(8)6-9/h2-6,16H,7H2,1H3. The molecule has 0 amide bonds. The van der Waals surface area contributed by atoms with Crippen LogP contribution in [0.15, 0.2) is 30.3 Å². The highest BCUT2D eigenvalue weighted by molar-refractivity contribution is 5.83. The van der Waals surface area contributed by atoms with Crippen molar-refractivity contribution in [1.29, 1.82) is 0 Å². The smallest absolute Gasteiger partial charge is 0.163 e. The Morgan fingerprint density at radius 2 is 2.06 bits per heavy atom. The van der Waals surface area contributed by atoms with E-state index < -0.39 is 0 Å². The fraction of sp³-hybridized carbons (Fsp3) is 0.167. The normalized spacial score (nSPS) is 11.2. The topological polar surface area (TPSA) is 59.7 Å². The van der Waals surface area contributed by atoms with Crippen LogP contribution in [0.1, 0.15) is 5.82 Å². The summed E-state index contributed by atoms with van der Waals surface area (Å²) in [7, 11) is 1.63. The number of nitrogens with zero attached hydrogens (tertiary/aromatic N) is 3. The largest absolute Gasteiger partial charge is 0.497 e. The fourth-order valence-corrected chi connectivity index (χ4v) is 1.95. The lowest BCUT2D eigenvalue weighted by atomic mass is 10.2. The molecule has 0 unspecified atom stereocenters. The molecule has 0 bridgehead atoms. The molecule has 3 rings (SSSR count). The molecule has 86 valence electrons. The van der Waals surface area contributed by atoms with E-state index in [1.807, 2.05) is 34.7 Å². The molecule has 0 atom stereocenters. The molecule has 0 fully saturated rings. The molecule has 17 heavy (non-hydrogen) atoms. The number of benzene rings is 1. The average molecular weight is 229 g/mol. The summed E-state index contributed by atoms with van der Waals surface area (Å²) >= 11 is 0. The van der Waals surface area contributed by atoms with Crippen molar-refractivity contribution in [2.24, 2.45) is 0 Å². The molecule has 0 aliphatic rings. The maximum absolute atomic E-state index is 9.26. The summed E-state index contributed by atoms with van der Waals surface area (Å²) in [6.45, 7) is -0.141. The second kappa shape index (κ2) is 3.71. The summed E-state index contributed by atoms with van der Waals surface area (Å²) in [5, 5.41) is 18.3. The van der Waals surface area contributed by atoms with Gasteiger partial charge in [0.25, 0.3) is 0 Å². The number of methoxy groups -OCH3 is 1. The third kappa shape index (κ3) is 1.43. The van der Waals surface area contributed by atoms with E-state index in [0.717, 1.165) is 22.3 Å². The van der Waals surface area contributed by atoms with E-state index in [1.54, 1.807) is 7.11 Å². The molecule has 5 heteroatoms. The number of aromatic nitrogens is 3. The highest BCUT2D eigenvalue weighted by Crippen LogP contribution is 2.22. The number of aliphatic hydroxyl groups is 1. The predicted octanol–water partition coefficient (Wildman–Crippen LogP) is 1.38. The second-order valence-electron chi connectivity index (χ2n) is 3.73. The van der Waals surface area contributed by atoms with E-state index in [1.165, 1.54) is 0 Å². The van der Waals surface area contributed by atoms with Crippen LogP contribution in [0.5, 0.6) is 5.75 Å². The van der Waals surface area contributed by atoms with Gasteiger partial charge >= 0.3 is 0 Å². The highest BCUT2D eigenvalue weighted by Gasteiger charge is 2.08. The number of pyridine rings is 1. The van der Waals surface area contributed by atoms with Gasteiger partial charge in [0.1, 0.15) is 12.4 Å². The van der Waals surface area contributed by atoms with Crippen molar-refractivity contribution in [3.05, 3.63) is 36.2 Å². The molecule has 2 heterocycles. The SMILES string of the molecule is COc1ccc2ccc3nnc(CO)n3c2c1. The number of rotatable bonds is 2. The van der Waals surface area contributed by atoms with Crippen molar-refractivity contribution in [3.63, 3.8) is 0 Å². The van der Waals surface area contributed by atoms with Crippen LogP contribution < -0.4 is 4.74 Å². The Kier molecular flexibility index (Phi) is 2.19. The first-order chi connectivity index (χ1) is 8.33.